The van der Waals surface area contributed by atoms with E-state index in [-0.39, 0.29) is 0 Å². The number of aromatic nitrogens is 1. The topological polar surface area (TPSA) is 53.5 Å². The maximum atomic E-state index is 12.5. The van der Waals surface area contributed by atoms with E-state index in [2.05, 4.69) is 24.0 Å². The highest BCUT2D eigenvalue weighted by atomic mass is 32.2. The van der Waals surface area contributed by atoms with E-state index in [4.69, 9.17) is 4.98 Å². The molecule has 2 unspecified atom stereocenters. The van der Waals surface area contributed by atoms with Gasteiger partial charge in [0.15, 0.2) is 0 Å². The molecule has 0 saturated heterocycles. The lowest BCUT2D eigenvalue weighted by Gasteiger charge is -2.26. The van der Waals surface area contributed by atoms with Crippen LogP contribution >= 0.6 is 0 Å². The van der Waals surface area contributed by atoms with Gasteiger partial charge in [-0.2, -0.15) is 0 Å². The van der Waals surface area contributed by atoms with Crippen LogP contribution in [0.25, 0.3) is 0 Å². The summed E-state index contributed by atoms with van der Waals surface area (Å²) >= 11 is 0. The van der Waals surface area contributed by atoms with Crippen LogP contribution in [0.2, 0.25) is 0 Å². The van der Waals surface area contributed by atoms with E-state index in [1.165, 1.54) is 16.3 Å². The Hall–Kier alpha value is -2.08. The van der Waals surface area contributed by atoms with Crippen LogP contribution in [0.3, 0.4) is 0 Å². The van der Waals surface area contributed by atoms with Gasteiger partial charge in [-0.25, -0.2) is 13.4 Å². The zero-order valence-corrected chi connectivity index (χ0v) is 17.4. The number of rotatable bonds is 8. The third kappa shape index (κ3) is 4.61. The average molecular weight is 388 g/mol. The monoisotopic (exact) mass is 387 g/mol. The van der Waals surface area contributed by atoms with E-state index in [9.17, 15) is 8.42 Å². The summed E-state index contributed by atoms with van der Waals surface area (Å²) in [5.74, 6) is 2.70. The van der Waals surface area contributed by atoms with E-state index in [0.29, 0.717) is 11.7 Å². The molecule has 27 heavy (non-hydrogen) atoms. The molecule has 1 heterocycles. The molecule has 0 radical (unpaired) electrons. The van der Waals surface area contributed by atoms with Crippen molar-refractivity contribution in [3.63, 3.8) is 0 Å². The maximum Gasteiger partial charge on any atom is 0.238 e. The van der Waals surface area contributed by atoms with Gasteiger partial charge in [-0.15, -0.1) is 0 Å². The van der Waals surface area contributed by atoms with Crippen molar-refractivity contribution < 1.29 is 8.42 Å². The second kappa shape index (κ2) is 7.89. The molecule has 1 aliphatic carbocycles. The fourth-order valence-electron chi connectivity index (χ4n) is 3.19. The van der Waals surface area contributed by atoms with E-state index in [1.54, 1.807) is 27.0 Å². The predicted molar refractivity (Wildman–Crippen MR) is 111 cm³/mol. The molecule has 2 aromatic rings. The predicted octanol–water partition coefficient (Wildman–Crippen LogP) is 3.92. The largest absolute Gasteiger partial charge is 0.352 e. The zero-order valence-electron chi connectivity index (χ0n) is 16.5. The minimum atomic E-state index is -3.40. The Morgan fingerprint density at radius 2 is 1.70 bits per heavy atom. The van der Waals surface area contributed by atoms with Crippen molar-refractivity contribution in [3.8, 4) is 0 Å². The molecule has 1 aliphatic rings. The van der Waals surface area contributed by atoms with Gasteiger partial charge in [-0.05, 0) is 49.8 Å². The molecule has 0 aliphatic heterocycles. The molecule has 3 rings (SSSR count). The summed E-state index contributed by atoms with van der Waals surface area (Å²) < 4.78 is 26.3. The highest BCUT2D eigenvalue weighted by molar-refractivity contribution is 7.93. The summed E-state index contributed by atoms with van der Waals surface area (Å²) in [5.41, 5.74) is 1.22. The molecular weight excluding hydrogens is 358 g/mol. The van der Waals surface area contributed by atoms with Gasteiger partial charge in [0.2, 0.25) is 10.0 Å². The molecule has 1 fully saturated rings. The molecule has 146 valence electrons. The standard InChI is InChI=1S/C21H29N3O2S/c1-16(2)27(25,26)23(4)20-11-8-12-21(22-20)24(15-19-13-17(19)3)14-18-9-6-5-7-10-18/h5-12,16-17,19H,13-15H2,1-4H3. The Labute approximate surface area is 163 Å². The SMILES string of the molecule is CC1CC1CN(Cc1ccccc1)c1cccc(N(C)S(=O)(=O)C(C)C)n1. The Morgan fingerprint density at radius 1 is 1.07 bits per heavy atom. The van der Waals surface area contributed by atoms with Gasteiger partial charge in [0, 0.05) is 20.1 Å². The minimum absolute atomic E-state index is 0.461. The normalized spacial score (nSPS) is 19.1. The number of benzene rings is 1. The first kappa shape index (κ1) is 19.7. The molecule has 2 atom stereocenters. The highest BCUT2D eigenvalue weighted by Crippen LogP contribution is 2.39. The van der Waals surface area contributed by atoms with Crippen LogP contribution in [0, 0.1) is 11.8 Å². The van der Waals surface area contributed by atoms with E-state index in [0.717, 1.165) is 24.8 Å². The van der Waals surface area contributed by atoms with Gasteiger partial charge < -0.3 is 4.90 Å². The van der Waals surface area contributed by atoms with E-state index >= 15 is 0 Å². The van der Waals surface area contributed by atoms with Gasteiger partial charge >= 0.3 is 0 Å². The Balaban J connectivity index is 1.88. The van der Waals surface area contributed by atoms with E-state index < -0.39 is 15.3 Å². The Bertz CT molecular complexity index is 868. The summed E-state index contributed by atoms with van der Waals surface area (Å²) in [6.07, 6.45) is 1.24. The molecule has 1 saturated carbocycles. The first-order valence-electron chi connectivity index (χ1n) is 9.52. The van der Waals surface area contributed by atoms with Crippen LogP contribution in [0.15, 0.2) is 48.5 Å². The lowest BCUT2D eigenvalue weighted by Crippen LogP contribution is -2.34. The second-order valence-corrected chi connectivity index (χ2v) is 10.3. The van der Waals surface area contributed by atoms with Crippen molar-refractivity contribution in [1.29, 1.82) is 0 Å². The third-order valence-electron chi connectivity index (χ3n) is 5.29. The number of hydrogen-bond acceptors (Lipinski definition) is 4. The molecular formula is C21H29N3O2S. The van der Waals surface area contributed by atoms with Crippen molar-refractivity contribution >= 4 is 21.7 Å². The molecule has 6 heteroatoms. The Kier molecular flexibility index (Phi) is 5.75. The van der Waals surface area contributed by atoms with Crippen molar-refractivity contribution in [2.75, 3.05) is 22.8 Å². The van der Waals surface area contributed by atoms with Crippen molar-refractivity contribution in [2.45, 2.75) is 39.0 Å². The number of sulfonamides is 1. The molecule has 0 spiro atoms. The maximum absolute atomic E-state index is 12.5. The number of hydrogen-bond donors (Lipinski definition) is 0. The fraction of sp³-hybridized carbons (Fsp3) is 0.476. The summed E-state index contributed by atoms with van der Waals surface area (Å²) in [6, 6.07) is 15.9. The summed E-state index contributed by atoms with van der Waals surface area (Å²) in [6.45, 7) is 7.35. The van der Waals surface area contributed by atoms with Gasteiger partial charge in [-0.1, -0.05) is 43.3 Å². The van der Waals surface area contributed by atoms with Gasteiger partial charge in [0.05, 0.1) is 5.25 Å². The van der Waals surface area contributed by atoms with Crippen LogP contribution in [-0.2, 0) is 16.6 Å². The van der Waals surface area contributed by atoms with Crippen LogP contribution in [-0.4, -0.2) is 32.2 Å². The van der Waals surface area contributed by atoms with Crippen LogP contribution < -0.4 is 9.21 Å². The fourth-order valence-corrected chi connectivity index (χ4v) is 4.18. The first-order valence-corrected chi connectivity index (χ1v) is 11.0. The number of pyridine rings is 1. The molecule has 0 amide bonds. The van der Waals surface area contributed by atoms with Crippen LogP contribution in [0.1, 0.15) is 32.8 Å². The van der Waals surface area contributed by atoms with Gasteiger partial charge in [0.1, 0.15) is 11.6 Å². The molecule has 0 N–H and O–H groups in total. The van der Waals surface area contributed by atoms with Gasteiger partial charge in [0.25, 0.3) is 0 Å². The lowest BCUT2D eigenvalue weighted by atomic mass is 10.2. The second-order valence-electron chi connectivity index (χ2n) is 7.75. The van der Waals surface area contributed by atoms with E-state index in [1.807, 2.05) is 30.3 Å². The van der Waals surface area contributed by atoms with Crippen molar-refractivity contribution in [1.82, 2.24) is 4.98 Å². The summed E-state index contributed by atoms with van der Waals surface area (Å²) in [7, 11) is -1.82. The molecule has 1 aromatic carbocycles. The summed E-state index contributed by atoms with van der Waals surface area (Å²) in [4.78, 5) is 6.96. The number of anilines is 2. The van der Waals surface area contributed by atoms with Gasteiger partial charge in [-0.3, -0.25) is 4.31 Å². The molecule has 0 bridgehead atoms. The third-order valence-corrected chi connectivity index (χ3v) is 7.43. The smallest absolute Gasteiger partial charge is 0.238 e. The van der Waals surface area contributed by atoms with Crippen molar-refractivity contribution in [2.24, 2.45) is 11.8 Å². The van der Waals surface area contributed by atoms with Crippen molar-refractivity contribution in [3.05, 3.63) is 54.1 Å². The zero-order chi connectivity index (χ0) is 19.6. The first-order chi connectivity index (χ1) is 12.8. The summed E-state index contributed by atoms with van der Waals surface area (Å²) in [5, 5.41) is -0.485. The number of nitrogens with zero attached hydrogens (tertiary/aromatic N) is 3. The quantitative estimate of drug-likeness (QED) is 0.689. The van der Waals surface area contributed by atoms with Crippen LogP contribution in [0.5, 0.6) is 0 Å². The molecule has 5 nitrogen and oxygen atoms in total. The average Bonchev–Trinajstić information content (AvgIpc) is 3.36. The minimum Gasteiger partial charge on any atom is -0.352 e. The Morgan fingerprint density at radius 3 is 2.30 bits per heavy atom. The van der Waals surface area contributed by atoms with Crippen LogP contribution in [0.4, 0.5) is 11.6 Å². The highest BCUT2D eigenvalue weighted by Gasteiger charge is 2.34. The molecule has 1 aromatic heterocycles. The lowest BCUT2D eigenvalue weighted by molar-refractivity contribution is 0.585.